The zero-order valence-electron chi connectivity index (χ0n) is 15.1. The maximum atomic E-state index is 12.5. The fourth-order valence-electron chi connectivity index (χ4n) is 2.43. The Morgan fingerprint density at radius 2 is 2.03 bits per heavy atom. The van der Waals surface area contributed by atoms with Crippen LogP contribution in [0, 0.1) is 6.92 Å². The van der Waals surface area contributed by atoms with Gasteiger partial charge in [0.15, 0.2) is 0 Å². The minimum Gasteiger partial charge on any atom is -0.435 e. The lowest BCUT2D eigenvalue weighted by Crippen LogP contribution is -2.37. The van der Waals surface area contributed by atoms with E-state index < -0.39 is 17.8 Å². The number of nitrogens with one attached hydrogen (secondary N) is 1. The van der Waals surface area contributed by atoms with Gasteiger partial charge >= 0.3 is 6.61 Å². The number of hydrogen-bond acceptors (Lipinski definition) is 7. The molecular weight excluding hydrogens is 424 g/mol. The Morgan fingerprint density at radius 3 is 2.66 bits per heavy atom. The Balaban J connectivity index is 1.57. The minimum absolute atomic E-state index is 0.00342. The highest BCUT2D eigenvalue weighted by Gasteiger charge is 2.34. The molecule has 0 unspecified atom stereocenters. The number of amides is 3. The van der Waals surface area contributed by atoms with Crippen LogP contribution in [0.1, 0.15) is 21.1 Å². The predicted octanol–water partition coefficient (Wildman–Crippen LogP) is 3.52. The summed E-state index contributed by atoms with van der Waals surface area (Å²) in [4.78, 5) is 41.8. The number of alkyl halides is 2. The van der Waals surface area contributed by atoms with Crippen molar-refractivity contribution in [1.29, 1.82) is 0 Å². The molecular formula is C18H15F2N3O4S2. The third-order valence-electron chi connectivity index (χ3n) is 3.75. The molecule has 152 valence electrons. The molecule has 1 saturated heterocycles. The van der Waals surface area contributed by atoms with Crippen molar-refractivity contribution in [3.05, 3.63) is 50.8 Å². The van der Waals surface area contributed by atoms with Crippen LogP contribution in [-0.4, -0.2) is 46.6 Å². The van der Waals surface area contributed by atoms with Crippen LogP contribution in [0.15, 0.2) is 34.6 Å². The SMILES string of the molecule is Cc1nc(C(=O)NCCN2C(=O)S/C(=C/c3ccc(OC(F)F)cc3)C2=O)cs1. The summed E-state index contributed by atoms with van der Waals surface area (Å²) in [6, 6.07) is 5.69. The lowest BCUT2D eigenvalue weighted by Gasteiger charge is -2.12. The van der Waals surface area contributed by atoms with Gasteiger partial charge in [0, 0.05) is 18.5 Å². The van der Waals surface area contributed by atoms with E-state index in [1.165, 1.54) is 41.7 Å². The van der Waals surface area contributed by atoms with E-state index in [9.17, 15) is 23.2 Å². The van der Waals surface area contributed by atoms with Crippen molar-refractivity contribution in [2.24, 2.45) is 0 Å². The molecule has 1 N–H and O–H groups in total. The molecule has 0 aliphatic carbocycles. The molecule has 0 spiro atoms. The lowest BCUT2D eigenvalue weighted by atomic mass is 10.2. The Morgan fingerprint density at radius 1 is 1.31 bits per heavy atom. The summed E-state index contributed by atoms with van der Waals surface area (Å²) in [6.45, 7) is -1.01. The molecule has 0 atom stereocenters. The van der Waals surface area contributed by atoms with Crippen molar-refractivity contribution in [1.82, 2.24) is 15.2 Å². The van der Waals surface area contributed by atoms with Crippen LogP contribution in [-0.2, 0) is 4.79 Å². The van der Waals surface area contributed by atoms with Crippen molar-refractivity contribution in [2.75, 3.05) is 13.1 Å². The fraction of sp³-hybridized carbons (Fsp3) is 0.222. The van der Waals surface area contributed by atoms with E-state index in [0.29, 0.717) is 11.3 Å². The van der Waals surface area contributed by atoms with Crippen LogP contribution >= 0.6 is 23.1 Å². The van der Waals surface area contributed by atoms with Crippen LogP contribution < -0.4 is 10.1 Å². The maximum absolute atomic E-state index is 12.5. The number of hydrogen-bond donors (Lipinski definition) is 1. The van der Waals surface area contributed by atoms with Crippen molar-refractivity contribution in [2.45, 2.75) is 13.5 Å². The second-order valence-electron chi connectivity index (χ2n) is 5.79. The standard InChI is InChI=1S/C18H15F2N3O4S2/c1-10-22-13(9-28-10)15(24)21-6-7-23-16(25)14(29-18(23)26)8-11-2-4-12(5-3-11)27-17(19)20/h2-5,8-9,17H,6-7H2,1H3,(H,21,24)/b14-8+. The molecule has 1 aliphatic rings. The van der Waals surface area contributed by atoms with Gasteiger partial charge in [-0.1, -0.05) is 12.1 Å². The van der Waals surface area contributed by atoms with Gasteiger partial charge in [0.2, 0.25) is 0 Å². The van der Waals surface area contributed by atoms with Crippen molar-refractivity contribution < 1.29 is 27.9 Å². The molecule has 0 saturated carbocycles. The molecule has 29 heavy (non-hydrogen) atoms. The first-order valence-electron chi connectivity index (χ1n) is 8.34. The van der Waals surface area contributed by atoms with Gasteiger partial charge in [0.25, 0.3) is 17.1 Å². The molecule has 1 aromatic carbocycles. The van der Waals surface area contributed by atoms with Gasteiger partial charge in [-0.05, 0) is 42.5 Å². The van der Waals surface area contributed by atoms with Gasteiger partial charge < -0.3 is 10.1 Å². The quantitative estimate of drug-likeness (QED) is 0.664. The highest BCUT2D eigenvalue weighted by molar-refractivity contribution is 8.18. The van der Waals surface area contributed by atoms with Crippen molar-refractivity contribution in [3.8, 4) is 5.75 Å². The van der Waals surface area contributed by atoms with E-state index in [2.05, 4.69) is 15.0 Å². The van der Waals surface area contributed by atoms with Gasteiger partial charge in [-0.3, -0.25) is 19.3 Å². The second-order valence-corrected chi connectivity index (χ2v) is 7.84. The zero-order chi connectivity index (χ0) is 21.0. The van der Waals surface area contributed by atoms with E-state index in [0.717, 1.165) is 21.7 Å². The van der Waals surface area contributed by atoms with Crippen LogP contribution in [0.5, 0.6) is 5.75 Å². The first-order chi connectivity index (χ1) is 13.8. The summed E-state index contributed by atoms with van der Waals surface area (Å²) in [5.74, 6) is -0.856. The van der Waals surface area contributed by atoms with Gasteiger partial charge in [-0.2, -0.15) is 8.78 Å². The Bertz CT molecular complexity index is 960. The number of benzene rings is 1. The first-order valence-corrected chi connectivity index (χ1v) is 10.0. The first kappa shape index (κ1) is 20.9. The molecule has 1 fully saturated rings. The fourth-order valence-corrected chi connectivity index (χ4v) is 3.89. The minimum atomic E-state index is -2.92. The van der Waals surface area contributed by atoms with E-state index in [1.807, 2.05) is 0 Å². The molecule has 2 heterocycles. The third-order valence-corrected chi connectivity index (χ3v) is 5.43. The molecule has 0 radical (unpaired) electrons. The molecule has 1 aromatic heterocycles. The van der Waals surface area contributed by atoms with Gasteiger partial charge in [-0.15, -0.1) is 11.3 Å². The topological polar surface area (TPSA) is 88.6 Å². The van der Waals surface area contributed by atoms with E-state index in [4.69, 9.17) is 0 Å². The van der Waals surface area contributed by atoms with Gasteiger partial charge in [-0.25, -0.2) is 4.98 Å². The summed E-state index contributed by atoms with van der Waals surface area (Å²) in [5, 5.41) is 4.57. The lowest BCUT2D eigenvalue weighted by molar-refractivity contribution is -0.122. The number of thiazole rings is 1. The monoisotopic (exact) mass is 439 g/mol. The smallest absolute Gasteiger partial charge is 0.387 e. The van der Waals surface area contributed by atoms with E-state index in [1.54, 1.807) is 12.3 Å². The van der Waals surface area contributed by atoms with Gasteiger partial charge in [0.1, 0.15) is 11.4 Å². The van der Waals surface area contributed by atoms with E-state index in [-0.39, 0.29) is 29.7 Å². The summed E-state index contributed by atoms with van der Waals surface area (Å²) in [6.07, 6.45) is 1.49. The average Bonchev–Trinajstić information content (AvgIpc) is 3.21. The third kappa shape index (κ3) is 5.39. The molecule has 7 nitrogen and oxygen atoms in total. The predicted molar refractivity (Wildman–Crippen MR) is 105 cm³/mol. The number of rotatable bonds is 7. The molecule has 0 bridgehead atoms. The Hall–Kier alpha value is -2.79. The van der Waals surface area contributed by atoms with Crippen molar-refractivity contribution >= 4 is 46.2 Å². The number of ether oxygens (including phenoxy) is 1. The Labute approximate surface area is 172 Å². The van der Waals surface area contributed by atoms with Gasteiger partial charge in [0.05, 0.1) is 9.91 Å². The molecule has 1 aliphatic heterocycles. The number of aromatic nitrogens is 1. The summed E-state index contributed by atoms with van der Waals surface area (Å²) < 4.78 is 28.6. The van der Waals surface area contributed by atoms with Crippen LogP contribution in [0.3, 0.4) is 0 Å². The molecule has 11 heteroatoms. The molecule has 3 rings (SSSR count). The highest BCUT2D eigenvalue weighted by Crippen LogP contribution is 2.32. The summed E-state index contributed by atoms with van der Waals surface area (Å²) >= 11 is 2.12. The highest BCUT2D eigenvalue weighted by atomic mass is 32.2. The normalized spacial score (nSPS) is 15.4. The van der Waals surface area contributed by atoms with Crippen molar-refractivity contribution in [3.63, 3.8) is 0 Å². The number of aryl methyl sites for hydroxylation is 1. The summed E-state index contributed by atoms with van der Waals surface area (Å²) in [5.41, 5.74) is 0.852. The molecule has 2 aromatic rings. The number of nitrogens with zero attached hydrogens (tertiary/aromatic N) is 2. The van der Waals surface area contributed by atoms with Crippen LogP contribution in [0.4, 0.5) is 13.6 Å². The number of thioether (sulfide) groups is 1. The summed E-state index contributed by atoms with van der Waals surface area (Å²) in [7, 11) is 0. The Kier molecular flexibility index (Phi) is 6.60. The van der Waals surface area contributed by atoms with E-state index >= 15 is 0 Å². The van der Waals surface area contributed by atoms with Crippen LogP contribution in [0.25, 0.3) is 6.08 Å². The largest absolute Gasteiger partial charge is 0.435 e. The number of halogens is 2. The van der Waals surface area contributed by atoms with Crippen LogP contribution in [0.2, 0.25) is 0 Å². The zero-order valence-corrected chi connectivity index (χ0v) is 16.7. The second kappa shape index (κ2) is 9.14. The number of carbonyl (C=O) groups is 3. The maximum Gasteiger partial charge on any atom is 0.387 e. The average molecular weight is 439 g/mol. The molecule has 3 amide bonds. The number of imide groups is 1. The number of carbonyl (C=O) groups excluding carboxylic acids is 3.